The van der Waals surface area contributed by atoms with Crippen molar-refractivity contribution in [3.8, 4) is 0 Å². The Labute approximate surface area is 286 Å². The van der Waals surface area contributed by atoms with Crippen molar-refractivity contribution in [1.29, 1.82) is 0 Å². The van der Waals surface area contributed by atoms with Gasteiger partial charge in [-0.2, -0.15) is 0 Å². The lowest BCUT2D eigenvalue weighted by molar-refractivity contribution is -0.149. The van der Waals surface area contributed by atoms with E-state index in [1.807, 2.05) is 34.6 Å². The Hall–Kier alpha value is -1.71. The SMILES string of the molecule is C.CC.CC(C)=CC1C2=CC(=O)C3C4CC(C)(C)CCC4CC[C@@]3(C)[C@@H]2CCC1C(C)C=O.CCC.CCC(=O)OC(CC)CC. The molecule has 268 valence electrons. The molecule has 46 heavy (non-hydrogen) atoms. The van der Waals surface area contributed by atoms with Gasteiger partial charge < -0.3 is 9.53 Å². The molecule has 3 saturated carbocycles. The van der Waals surface area contributed by atoms with Crippen LogP contribution in [0.5, 0.6) is 0 Å². The molecular weight excluding hydrogens is 568 g/mol. The molecule has 4 aliphatic carbocycles. The van der Waals surface area contributed by atoms with Crippen molar-refractivity contribution in [2.75, 3.05) is 0 Å². The molecule has 8 atom stereocenters. The number of carbonyl (C=O) groups is 3. The zero-order valence-electron chi connectivity index (χ0n) is 31.8. The zero-order valence-corrected chi connectivity index (χ0v) is 31.8. The van der Waals surface area contributed by atoms with E-state index in [-0.39, 0.29) is 42.7 Å². The molecule has 0 spiro atoms. The molecule has 0 radical (unpaired) electrons. The zero-order chi connectivity index (χ0) is 34.5. The van der Waals surface area contributed by atoms with Crippen molar-refractivity contribution < 1.29 is 19.1 Å². The predicted octanol–water partition coefficient (Wildman–Crippen LogP) is 12.0. The summed E-state index contributed by atoms with van der Waals surface area (Å²) in [5.74, 6) is 2.95. The Morgan fingerprint density at radius 1 is 0.978 bits per heavy atom. The van der Waals surface area contributed by atoms with Crippen molar-refractivity contribution in [3.63, 3.8) is 0 Å². The van der Waals surface area contributed by atoms with E-state index in [4.69, 9.17) is 4.74 Å². The van der Waals surface area contributed by atoms with Crippen molar-refractivity contribution in [2.24, 2.45) is 52.3 Å². The Morgan fingerprint density at radius 2 is 1.54 bits per heavy atom. The van der Waals surface area contributed by atoms with Gasteiger partial charge in [0.1, 0.15) is 12.4 Å². The number of fused-ring (bicyclic) bond motifs is 5. The van der Waals surface area contributed by atoms with E-state index in [2.05, 4.69) is 67.5 Å². The molecule has 4 nitrogen and oxygen atoms in total. The highest BCUT2D eigenvalue weighted by atomic mass is 16.5. The Bertz CT molecular complexity index is 982. The highest BCUT2D eigenvalue weighted by molar-refractivity contribution is 5.95. The molecule has 4 aliphatic rings. The van der Waals surface area contributed by atoms with Gasteiger partial charge in [-0.3, -0.25) is 9.59 Å². The largest absolute Gasteiger partial charge is 0.462 e. The van der Waals surface area contributed by atoms with Crippen LogP contribution in [-0.2, 0) is 19.1 Å². The van der Waals surface area contributed by atoms with Gasteiger partial charge >= 0.3 is 5.97 Å². The first-order valence-corrected chi connectivity index (χ1v) is 18.8. The van der Waals surface area contributed by atoms with E-state index in [1.165, 1.54) is 49.7 Å². The van der Waals surface area contributed by atoms with Gasteiger partial charge in [-0.15, -0.1) is 0 Å². The summed E-state index contributed by atoms with van der Waals surface area (Å²) in [5.41, 5.74) is 3.12. The van der Waals surface area contributed by atoms with Gasteiger partial charge in [0.15, 0.2) is 5.78 Å². The maximum Gasteiger partial charge on any atom is 0.305 e. The molecule has 0 aromatic carbocycles. The van der Waals surface area contributed by atoms with Crippen LogP contribution in [0.4, 0.5) is 0 Å². The van der Waals surface area contributed by atoms with Crippen LogP contribution >= 0.6 is 0 Å². The number of allylic oxidation sites excluding steroid dienone is 4. The standard InChI is InChI=1S/C28H42O2.C8H16O2.C3H8.C2H6.CH4/c1-17(2)13-21-20(18(3)16-29)7-8-24-22(21)14-25(30)26-23-15-27(4,5)11-9-19(23)10-12-28(24,26)6;1-4-7(5-2)10-8(9)6-3;1-3-2;1-2;/h13-14,16,18-21,23-24,26H,7-12,15H2,1-6H3;7H,4-6H2,1-3H3;3H2,1-2H3;1-2H3;1H4/t18?,19?,20?,21?,23?,24-,26?,28+;;;;/m1..../s1. The van der Waals surface area contributed by atoms with Gasteiger partial charge in [-0.05, 0) is 112 Å². The lowest BCUT2D eigenvalue weighted by atomic mass is 9.44. The Balaban J connectivity index is 0.00000107. The van der Waals surface area contributed by atoms with Crippen molar-refractivity contribution in [2.45, 2.75) is 174 Å². The fourth-order valence-electron chi connectivity index (χ4n) is 8.85. The summed E-state index contributed by atoms with van der Waals surface area (Å²) in [7, 11) is 0. The molecule has 0 saturated heterocycles. The summed E-state index contributed by atoms with van der Waals surface area (Å²) in [4.78, 5) is 36.1. The smallest absolute Gasteiger partial charge is 0.305 e. The fourth-order valence-corrected chi connectivity index (χ4v) is 8.85. The monoisotopic (exact) mass is 645 g/mol. The third-order valence-electron chi connectivity index (χ3n) is 11.1. The molecule has 4 heteroatoms. The first-order valence-electron chi connectivity index (χ1n) is 18.8. The molecule has 0 N–H and O–H groups in total. The molecule has 0 heterocycles. The summed E-state index contributed by atoms with van der Waals surface area (Å²) in [6, 6.07) is 0. The summed E-state index contributed by atoms with van der Waals surface area (Å²) < 4.78 is 5.06. The number of hydrogen-bond acceptors (Lipinski definition) is 4. The Kier molecular flexibility index (Phi) is 19.8. The third-order valence-corrected chi connectivity index (χ3v) is 11.1. The minimum Gasteiger partial charge on any atom is -0.462 e. The van der Waals surface area contributed by atoms with Crippen LogP contribution in [0.15, 0.2) is 23.3 Å². The van der Waals surface area contributed by atoms with Crippen molar-refractivity contribution in [1.82, 2.24) is 0 Å². The predicted molar refractivity (Wildman–Crippen MR) is 198 cm³/mol. The minimum atomic E-state index is -0.0892. The second kappa shape index (κ2) is 20.6. The van der Waals surface area contributed by atoms with E-state index in [1.54, 1.807) is 0 Å². The second-order valence-corrected chi connectivity index (χ2v) is 15.4. The van der Waals surface area contributed by atoms with Crippen molar-refractivity contribution in [3.05, 3.63) is 23.3 Å². The van der Waals surface area contributed by atoms with Crippen LogP contribution in [-0.4, -0.2) is 24.1 Å². The molecule has 0 aliphatic heterocycles. The number of aldehydes is 1. The molecule has 3 fully saturated rings. The van der Waals surface area contributed by atoms with Crippen molar-refractivity contribution >= 4 is 18.0 Å². The molecule has 0 aromatic heterocycles. The first-order chi connectivity index (χ1) is 21.2. The summed E-state index contributed by atoms with van der Waals surface area (Å²) in [5, 5.41) is 0. The lowest BCUT2D eigenvalue weighted by Crippen LogP contribution is -2.55. The number of ether oxygens (including phenoxy) is 1. The fraction of sp³-hybridized carbons (Fsp3) is 0.833. The average molecular weight is 645 g/mol. The topological polar surface area (TPSA) is 60.4 Å². The maximum absolute atomic E-state index is 13.8. The highest BCUT2D eigenvalue weighted by Gasteiger charge is 2.58. The molecular formula is C42H76O4. The number of ketones is 1. The number of rotatable bonds is 7. The number of carbonyl (C=O) groups excluding carboxylic acids is 3. The number of hydrogen-bond donors (Lipinski definition) is 0. The van der Waals surface area contributed by atoms with Gasteiger partial charge in [0, 0.05) is 24.2 Å². The lowest BCUT2D eigenvalue weighted by Gasteiger charge is -2.60. The summed E-state index contributed by atoms with van der Waals surface area (Å²) in [6.07, 6.45) is 17.8. The molecule has 0 aromatic rings. The van der Waals surface area contributed by atoms with Crippen LogP contribution in [0, 0.1) is 52.3 Å². The molecule has 0 bridgehead atoms. The second-order valence-electron chi connectivity index (χ2n) is 15.4. The third kappa shape index (κ3) is 11.2. The molecule has 4 rings (SSSR count). The van der Waals surface area contributed by atoms with E-state index in [9.17, 15) is 14.4 Å². The van der Waals surface area contributed by atoms with Gasteiger partial charge in [-0.1, -0.05) is 107 Å². The Morgan fingerprint density at radius 3 is 2.04 bits per heavy atom. The highest BCUT2D eigenvalue weighted by Crippen LogP contribution is 2.64. The summed E-state index contributed by atoms with van der Waals surface area (Å²) in [6.45, 7) is 27.7. The van der Waals surface area contributed by atoms with Crippen LogP contribution in [0.2, 0.25) is 0 Å². The van der Waals surface area contributed by atoms with E-state index in [0.29, 0.717) is 35.4 Å². The average Bonchev–Trinajstić information content (AvgIpc) is 3.00. The van der Waals surface area contributed by atoms with Crippen LogP contribution in [0.3, 0.4) is 0 Å². The van der Waals surface area contributed by atoms with Gasteiger partial charge in [0.2, 0.25) is 0 Å². The van der Waals surface area contributed by atoms with Gasteiger partial charge in [0.05, 0.1) is 0 Å². The quantitative estimate of drug-likeness (QED) is 0.157. The van der Waals surface area contributed by atoms with E-state index < -0.39 is 0 Å². The maximum atomic E-state index is 13.8. The van der Waals surface area contributed by atoms with Gasteiger partial charge in [0.25, 0.3) is 0 Å². The molecule has 6 unspecified atom stereocenters. The van der Waals surface area contributed by atoms with E-state index in [0.717, 1.165) is 37.9 Å². The number of esters is 1. The van der Waals surface area contributed by atoms with Crippen LogP contribution in [0.1, 0.15) is 168 Å². The van der Waals surface area contributed by atoms with E-state index >= 15 is 0 Å². The normalized spacial score (nSPS) is 31.0. The first kappa shape index (κ1) is 44.3. The van der Waals surface area contributed by atoms with Gasteiger partial charge in [-0.25, -0.2) is 0 Å². The van der Waals surface area contributed by atoms with Crippen LogP contribution in [0.25, 0.3) is 0 Å². The molecule has 0 amide bonds. The minimum absolute atomic E-state index is 0. The van der Waals surface area contributed by atoms with Crippen LogP contribution < -0.4 is 0 Å². The summed E-state index contributed by atoms with van der Waals surface area (Å²) >= 11 is 0.